The van der Waals surface area contributed by atoms with Crippen molar-refractivity contribution in [3.8, 4) is 5.75 Å². The highest BCUT2D eigenvalue weighted by Gasteiger charge is 2.30. The fourth-order valence-electron chi connectivity index (χ4n) is 1.68. The normalized spacial score (nSPS) is 13.5. The van der Waals surface area contributed by atoms with E-state index < -0.39 is 17.8 Å². The lowest BCUT2D eigenvalue weighted by Crippen LogP contribution is -2.34. The molecular formula is C14H20F3NO3. The molecule has 0 spiro atoms. The molecule has 0 aliphatic rings. The number of aliphatic hydroxyl groups excluding tert-OH is 1. The Balaban J connectivity index is 2.37. The largest absolute Gasteiger partial charge is 0.491 e. The number of likely N-dealkylation sites (N-methyl/N-ethyl adjacent to an activating group) is 1. The van der Waals surface area contributed by atoms with Crippen molar-refractivity contribution in [1.82, 2.24) is 4.90 Å². The Morgan fingerprint density at radius 3 is 2.38 bits per heavy atom. The van der Waals surface area contributed by atoms with Gasteiger partial charge in [0.1, 0.15) is 18.5 Å². The van der Waals surface area contributed by atoms with Crippen LogP contribution in [0.5, 0.6) is 5.75 Å². The number of aliphatic hydroxyl groups is 1. The van der Waals surface area contributed by atoms with E-state index >= 15 is 0 Å². The van der Waals surface area contributed by atoms with E-state index in [2.05, 4.69) is 0 Å². The summed E-state index contributed by atoms with van der Waals surface area (Å²) in [6, 6.07) is 4.38. The molecule has 120 valence electrons. The van der Waals surface area contributed by atoms with Gasteiger partial charge in [0, 0.05) is 20.2 Å². The van der Waals surface area contributed by atoms with E-state index in [9.17, 15) is 18.3 Å². The highest BCUT2D eigenvalue weighted by atomic mass is 19.4. The molecular weight excluding hydrogens is 287 g/mol. The second kappa shape index (κ2) is 8.21. The Morgan fingerprint density at radius 2 is 1.86 bits per heavy atom. The number of hydrogen-bond donors (Lipinski definition) is 1. The third-order valence-electron chi connectivity index (χ3n) is 2.82. The van der Waals surface area contributed by atoms with Crippen molar-refractivity contribution in [2.75, 3.05) is 40.5 Å². The highest BCUT2D eigenvalue weighted by molar-refractivity contribution is 5.28. The van der Waals surface area contributed by atoms with Gasteiger partial charge in [-0.15, -0.1) is 0 Å². The molecule has 1 N–H and O–H groups in total. The summed E-state index contributed by atoms with van der Waals surface area (Å²) in [6.07, 6.45) is -5.09. The molecule has 1 aromatic carbocycles. The first kappa shape index (κ1) is 17.7. The molecule has 0 aromatic heterocycles. The van der Waals surface area contributed by atoms with Gasteiger partial charge >= 0.3 is 6.18 Å². The van der Waals surface area contributed by atoms with E-state index in [1.807, 2.05) is 11.9 Å². The van der Waals surface area contributed by atoms with Crippen LogP contribution in [0.1, 0.15) is 5.56 Å². The Morgan fingerprint density at radius 1 is 1.24 bits per heavy atom. The first-order valence-electron chi connectivity index (χ1n) is 6.48. The van der Waals surface area contributed by atoms with Gasteiger partial charge in [0.2, 0.25) is 0 Å². The lowest BCUT2D eigenvalue weighted by atomic mass is 10.2. The van der Waals surface area contributed by atoms with Gasteiger partial charge in [-0.3, -0.25) is 0 Å². The molecule has 1 atom stereocenters. The molecule has 1 rings (SSSR count). The van der Waals surface area contributed by atoms with Crippen molar-refractivity contribution in [1.29, 1.82) is 0 Å². The average molecular weight is 307 g/mol. The zero-order valence-corrected chi connectivity index (χ0v) is 12.1. The summed E-state index contributed by atoms with van der Waals surface area (Å²) in [7, 11) is 3.43. The average Bonchev–Trinajstić information content (AvgIpc) is 2.42. The van der Waals surface area contributed by atoms with Gasteiger partial charge in [-0.1, -0.05) is 0 Å². The van der Waals surface area contributed by atoms with Crippen molar-refractivity contribution in [3.05, 3.63) is 29.8 Å². The minimum Gasteiger partial charge on any atom is -0.491 e. The van der Waals surface area contributed by atoms with E-state index in [4.69, 9.17) is 9.47 Å². The van der Waals surface area contributed by atoms with Crippen LogP contribution in [0.3, 0.4) is 0 Å². The standard InChI is InChI=1S/C14H20F3NO3/c1-18(7-8-20-2)9-12(19)10-21-13-5-3-11(4-6-13)14(15,16)17/h3-6,12,19H,7-10H2,1-2H3/t12-/m1/s1. The molecule has 0 amide bonds. The van der Waals surface area contributed by atoms with Crippen molar-refractivity contribution in [2.24, 2.45) is 0 Å². The van der Waals surface area contributed by atoms with E-state index in [1.165, 1.54) is 12.1 Å². The number of halogens is 3. The van der Waals surface area contributed by atoms with Crippen molar-refractivity contribution >= 4 is 0 Å². The number of alkyl halides is 3. The molecule has 0 saturated heterocycles. The van der Waals surface area contributed by atoms with Crippen LogP contribution in [0.2, 0.25) is 0 Å². The quantitative estimate of drug-likeness (QED) is 0.798. The fourth-order valence-corrected chi connectivity index (χ4v) is 1.68. The molecule has 0 unspecified atom stereocenters. The number of rotatable bonds is 8. The van der Waals surface area contributed by atoms with Crippen molar-refractivity contribution < 1.29 is 27.8 Å². The maximum atomic E-state index is 12.4. The molecule has 0 saturated carbocycles. The zero-order valence-electron chi connectivity index (χ0n) is 12.1. The second-order valence-corrected chi connectivity index (χ2v) is 4.74. The van der Waals surface area contributed by atoms with Gasteiger partial charge in [-0.25, -0.2) is 0 Å². The maximum absolute atomic E-state index is 12.4. The Bertz CT molecular complexity index is 409. The van der Waals surface area contributed by atoms with Gasteiger partial charge in [0.25, 0.3) is 0 Å². The minimum absolute atomic E-state index is 0.0166. The number of ether oxygens (including phenoxy) is 2. The SMILES string of the molecule is COCCN(C)C[C@@H](O)COc1ccc(C(F)(F)F)cc1. The molecule has 4 nitrogen and oxygen atoms in total. The van der Waals surface area contributed by atoms with Gasteiger partial charge in [0.15, 0.2) is 0 Å². The Labute approximate surface area is 122 Å². The molecule has 0 heterocycles. The summed E-state index contributed by atoms with van der Waals surface area (Å²) in [5.74, 6) is 0.293. The summed E-state index contributed by atoms with van der Waals surface area (Å²) in [4.78, 5) is 1.88. The lowest BCUT2D eigenvalue weighted by molar-refractivity contribution is -0.137. The molecule has 0 aliphatic carbocycles. The molecule has 0 bridgehead atoms. The summed E-state index contributed by atoms with van der Waals surface area (Å²) < 4.78 is 47.3. The summed E-state index contributed by atoms with van der Waals surface area (Å²) in [6.45, 7) is 1.64. The summed E-state index contributed by atoms with van der Waals surface area (Å²) in [5, 5.41) is 9.78. The molecule has 7 heteroatoms. The van der Waals surface area contributed by atoms with E-state index in [1.54, 1.807) is 7.11 Å². The summed E-state index contributed by atoms with van der Waals surface area (Å²) >= 11 is 0. The first-order valence-corrected chi connectivity index (χ1v) is 6.48. The number of methoxy groups -OCH3 is 1. The molecule has 21 heavy (non-hydrogen) atoms. The van der Waals surface area contributed by atoms with Crippen LogP contribution < -0.4 is 4.74 Å². The second-order valence-electron chi connectivity index (χ2n) is 4.74. The number of benzene rings is 1. The van der Waals surface area contributed by atoms with Crippen molar-refractivity contribution in [2.45, 2.75) is 12.3 Å². The van der Waals surface area contributed by atoms with Crippen LogP contribution in [0.25, 0.3) is 0 Å². The van der Waals surface area contributed by atoms with Crippen LogP contribution in [0, 0.1) is 0 Å². The molecule has 0 aliphatic heterocycles. The maximum Gasteiger partial charge on any atom is 0.416 e. The lowest BCUT2D eigenvalue weighted by Gasteiger charge is -2.20. The van der Waals surface area contributed by atoms with Gasteiger partial charge in [0.05, 0.1) is 12.2 Å². The molecule has 0 fully saturated rings. The van der Waals surface area contributed by atoms with Gasteiger partial charge in [-0.05, 0) is 31.3 Å². The fraction of sp³-hybridized carbons (Fsp3) is 0.571. The van der Waals surface area contributed by atoms with Crippen LogP contribution in [0.15, 0.2) is 24.3 Å². The van der Waals surface area contributed by atoms with E-state index in [0.717, 1.165) is 12.1 Å². The smallest absolute Gasteiger partial charge is 0.416 e. The highest BCUT2D eigenvalue weighted by Crippen LogP contribution is 2.30. The number of hydrogen-bond acceptors (Lipinski definition) is 4. The van der Waals surface area contributed by atoms with Crippen LogP contribution >= 0.6 is 0 Å². The molecule has 1 aromatic rings. The third-order valence-corrected chi connectivity index (χ3v) is 2.82. The van der Waals surface area contributed by atoms with Gasteiger partial charge < -0.3 is 19.5 Å². The van der Waals surface area contributed by atoms with Crippen molar-refractivity contribution in [3.63, 3.8) is 0 Å². The first-order chi connectivity index (χ1) is 9.82. The van der Waals surface area contributed by atoms with E-state index in [-0.39, 0.29) is 6.61 Å². The monoisotopic (exact) mass is 307 g/mol. The van der Waals surface area contributed by atoms with Crippen LogP contribution in [0.4, 0.5) is 13.2 Å². The Kier molecular flexibility index (Phi) is 6.94. The Hall–Kier alpha value is -1.31. The predicted octanol–water partition coefficient (Wildman–Crippen LogP) is 2.02. The molecule has 0 radical (unpaired) electrons. The van der Waals surface area contributed by atoms with Gasteiger partial charge in [-0.2, -0.15) is 13.2 Å². The topological polar surface area (TPSA) is 41.9 Å². The minimum atomic E-state index is -4.36. The summed E-state index contributed by atoms with van der Waals surface area (Å²) in [5.41, 5.74) is -0.727. The zero-order chi connectivity index (χ0) is 15.9. The van der Waals surface area contributed by atoms with E-state index in [0.29, 0.717) is 25.4 Å². The van der Waals surface area contributed by atoms with Crippen LogP contribution in [-0.4, -0.2) is 56.6 Å². The third kappa shape index (κ3) is 6.79. The predicted molar refractivity (Wildman–Crippen MR) is 72.3 cm³/mol. The number of nitrogens with zero attached hydrogens (tertiary/aromatic N) is 1. The van der Waals surface area contributed by atoms with Crippen LogP contribution in [-0.2, 0) is 10.9 Å².